The quantitative estimate of drug-likeness (QED) is 0.485. The summed E-state index contributed by atoms with van der Waals surface area (Å²) < 4.78 is 75.7. The summed E-state index contributed by atoms with van der Waals surface area (Å²) in [5.74, 6) is 0.625. The maximum atomic E-state index is 13.4. The Balaban J connectivity index is 1.56. The van der Waals surface area contributed by atoms with Crippen LogP contribution in [0.5, 0.6) is 17.2 Å². The summed E-state index contributed by atoms with van der Waals surface area (Å²) in [4.78, 5) is -0.152. The van der Waals surface area contributed by atoms with Gasteiger partial charge in [-0.3, -0.25) is 4.72 Å². The van der Waals surface area contributed by atoms with Gasteiger partial charge in [-0.1, -0.05) is 17.3 Å². The summed E-state index contributed by atoms with van der Waals surface area (Å²) in [5, 5.41) is 3.99. The van der Waals surface area contributed by atoms with Crippen LogP contribution in [-0.4, -0.2) is 33.9 Å². The Kier molecular flexibility index (Phi) is 5.38. The van der Waals surface area contributed by atoms with E-state index in [9.17, 15) is 17.2 Å². The first-order chi connectivity index (χ1) is 16.3. The molecule has 2 aromatic carbocycles. The highest BCUT2D eigenvalue weighted by molar-refractivity contribution is 7.93. The van der Waals surface area contributed by atoms with E-state index in [2.05, 4.69) is 14.6 Å². The average Bonchev–Trinajstić information content (AvgIpc) is 3.46. The van der Waals surface area contributed by atoms with E-state index in [0.717, 1.165) is 18.4 Å². The molecule has 0 radical (unpaired) electrons. The van der Waals surface area contributed by atoms with Gasteiger partial charge in [0.15, 0.2) is 16.5 Å². The smallest absolute Gasteiger partial charge is 0.387 e. The summed E-state index contributed by atoms with van der Waals surface area (Å²) >= 11 is 0. The molecule has 5 rings (SSSR count). The van der Waals surface area contributed by atoms with Crippen LogP contribution in [0.1, 0.15) is 30.9 Å². The molecule has 2 aliphatic rings. The van der Waals surface area contributed by atoms with Crippen molar-refractivity contribution in [1.29, 1.82) is 0 Å². The number of fused-ring (bicyclic) bond motifs is 4. The van der Waals surface area contributed by atoms with Crippen LogP contribution in [0.25, 0.3) is 11.3 Å². The van der Waals surface area contributed by atoms with Crippen LogP contribution in [0.2, 0.25) is 0 Å². The van der Waals surface area contributed by atoms with Crippen LogP contribution < -0.4 is 18.9 Å². The fraction of sp³-hybridized carbons (Fsp3) is 0.348. The van der Waals surface area contributed by atoms with Gasteiger partial charge in [-0.05, 0) is 56.0 Å². The van der Waals surface area contributed by atoms with E-state index in [1.807, 2.05) is 0 Å². The molecule has 11 heteroatoms. The highest BCUT2D eigenvalue weighted by Gasteiger charge is 2.50. The molecule has 0 amide bonds. The number of hydrogen-bond acceptors (Lipinski definition) is 7. The predicted molar refractivity (Wildman–Crippen MR) is 118 cm³/mol. The van der Waals surface area contributed by atoms with Gasteiger partial charge in [0.2, 0.25) is 0 Å². The van der Waals surface area contributed by atoms with Gasteiger partial charge in [0.25, 0.3) is 10.0 Å². The number of methoxy groups -OCH3 is 1. The first-order valence-electron chi connectivity index (χ1n) is 10.7. The van der Waals surface area contributed by atoms with E-state index >= 15 is 0 Å². The monoisotopic (exact) mass is 492 g/mol. The molecule has 1 aromatic heterocycles. The minimum atomic E-state index is -4.18. The molecule has 0 aliphatic heterocycles. The molecule has 34 heavy (non-hydrogen) atoms. The second-order valence-electron chi connectivity index (χ2n) is 8.21. The molecular formula is C23H22F2N2O6S. The molecule has 8 nitrogen and oxygen atoms in total. The number of nitrogens with one attached hydrogen (secondary N) is 1. The average molecular weight is 493 g/mol. The van der Waals surface area contributed by atoms with Crippen LogP contribution in [0, 0.1) is 0 Å². The second-order valence-corrected chi connectivity index (χ2v) is 9.83. The zero-order valence-corrected chi connectivity index (χ0v) is 19.2. The number of ether oxygens (including phenoxy) is 3. The molecule has 0 atom stereocenters. The van der Waals surface area contributed by atoms with E-state index < -0.39 is 16.6 Å². The standard InChI is InChI=1S/C23H22F2N2O6S/c1-3-31-18-6-4-5-17(30-2)20(18)34(28,29)27-21-15-12-23(9-10-23)16-8-7-13(32-22(24)25)11-14(16)19(15)33-26-21/h4-8,11,22H,3,9-10,12H2,1-2H3,(H,26,27). The van der Waals surface area contributed by atoms with Crippen molar-refractivity contribution >= 4 is 15.8 Å². The first kappa shape index (κ1) is 22.5. The number of aromatic nitrogens is 1. The third-order valence-corrected chi connectivity index (χ3v) is 7.55. The lowest BCUT2D eigenvalue weighted by Gasteiger charge is -2.25. The molecule has 1 saturated carbocycles. The van der Waals surface area contributed by atoms with Crippen LogP contribution in [0.15, 0.2) is 45.8 Å². The van der Waals surface area contributed by atoms with Crippen LogP contribution in [0.3, 0.4) is 0 Å². The fourth-order valence-electron chi connectivity index (χ4n) is 4.51. The highest BCUT2D eigenvalue weighted by atomic mass is 32.2. The van der Waals surface area contributed by atoms with Crippen molar-refractivity contribution in [2.24, 2.45) is 0 Å². The topological polar surface area (TPSA) is 99.9 Å². The Morgan fingerprint density at radius 2 is 1.97 bits per heavy atom. The summed E-state index contributed by atoms with van der Waals surface area (Å²) in [6.07, 6.45) is 2.27. The lowest BCUT2D eigenvalue weighted by Crippen LogP contribution is -2.20. The van der Waals surface area contributed by atoms with Crippen LogP contribution in [0.4, 0.5) is 14.6 Å². The van der Waals surface area contributed by atoms with Crippen molar-refractivity contribution in [1.82, 2.24) is 5.16 Å². The van der Waals surface area contributed by atoms with Gasteiger partial charge < -0.3 is 18.7 Å². The zero-order chi connectivity index (χ0) is 24.1. The summed E-state index contributed by atoms with van der Waals surface area (Å²) in [7, 11) is -2.81. The van der Waals surface area contributed by atoms with E-state index in [4.69, 9.17) is 14.0 Å². The van der Waals surface area contributed by atoms with Crippen molar-refractivity contribution in [3.05, 3.63) is 47.5 Å². The molecule has 0 unspecified atom stereocenters. The maximum Gasteiger partial charge on any atom is 0.387 e. The largest absolute Gasteiger partial charge is 0.495 e. The lowest BCUT2D eigenvalue weighted by atomic mass is 9.79. The molecule has 1 spiro atoms. The number of nitrogens with zero attached hydrogens (tertiary/aromatic N) is 1. The first-order valence-corrected chi connectivity index (χ1v) is 12.2. The third-order valence-electron chi connectivity index (χ3n) is 6.15. The van der Waals surface area contributed by atoms with Crippen LogP contribution in [-0.2, 0) is 21.9 Å². The summed E-state index contributed by atoms with van der Waals surface area (Å²) in [5.41, 5.74) is 1.88. The molecule has 1 fully saturated rings. The molecule has 1 heterocycles. The van der Waals surface area contributed by atoms with E-state index in [-0.39, 0.29) is 40.0 Å². The number of hydrogen-bond donors (Lipinski definition) is 1. The number of benzene rings is 2. The van der Waals surface area contributed by atoms with Crippen molar-refractivity contribution in [3.8, 4) is 28.6 Å². The summed E-state index contributed by atoms with van der Waals surface area (Å²) in [6, 6.07) is 9.45. The van der Waals surface area contributed by atoms with Gasteiger partial charge in [-0.2, -0.15) is 8.78 Å². The van der Waals surface area contributed by atoms with Gasteiger partial charge in [0.1, 0.15) is 17.2 Å². The Morgan fingerprint density at radius 3 is 2.65 bits per heavy atom. The SMILES string of the molecule is CCOc1cccc(OC)c1S(=O)(=O)Nc1noc2c1CC1(CC1)c1ccc(OC(F)F)cc1-2. The lowest BCUT2D eigenvalue weighted by molar-refractivity contribution is -0.0498. The normalized spacial score (nSPS) is 15.6. The second kappa shape index (κ2) is 8.15. The van der Waals surface area contributed by atoms with Crippen molar-refractivity contribution in [2.45, 2.75) is 43.1 Å². The predicted octanol–water partition coefficient (Wildman–Crippen LogP) is 4.74. The van der Waals surface area contributed by atoms with Crippen molar-refractivity contribution in [3.63, 3.8) is 0 Å². The highest BCUT2D eigenvalue weighted by Crippen LogP contribution is 2.58. The Hall–Kier alpha value is -3.34. The molecule has 0 bridgehead atoms. The van der Waals surface area contributed by atoms with Gasteiger partial charge in [0.05, 0.1) is 13.7 Å². The number of rotatable bonds is 8. The molecular weight excluding hydrogens is 470 g/mol. The van der Waals surface area contributed by atoms with E-state index in [1.54, 1.807) is 25.1 Å². The van der Waals surface area contributed by atoms with Gasteiger partial charge >= 0.3 is 6.61 Å². The molecule has 3 aromatic rings. The van der Waals surface area contributed by atoms with E-state index in [1.165, 1.54) is 25.3 Å². The Bertz CT molecular complexity index is 1350. The van der Waals surface area contributed by atoms with Crippen molar-refractivity contribution < 1.29 is 35.9 Å². The van der Waals surface area contributed by atoms with Gasteiger partial charge in [-0.25, -0.2) is 8.42 Å². The Morgan fingerprint density at radius 1 is 1.21 bits per heavy atom. The molecule has 1 N–H and O–H groups in total. The maximum absolute atomic E-state index is 13.4. The zero-order valence-electron chi connectivity index (χ0n) is 18.4. The van der Waals surface area contributed by atoms with Gasteiger partial charge in [-0.15, -0.1) is 0 Å². The minimum Gasteiger partial charge on any atom is -0.495 e. The Labute approximate surface area is 194 Å². The van der Waals surface area contributed by atoms with Crippen LogP contribution >= 0.6 is 0 Å². The molecule has 2 aliphatic carbocycles. The number of alkyl halides is 2. The number of anilines is 1. The molecule has 0 saturated heterocycles. The van der Waals surface area contributed by atoms with Gasteiger partial charge in [0, 0.05) is 16.5 Å². The van der Waals surface area contributed by atoms with E-state index in [0.29, 0.717) is 23.3 Å². The minimum absolute atomic E-state index is 0.00805. The molecule has 180 valence electrons. The third kappa shape index (κ3) is 3.73. The van der Waals surface area contributed by atoms with Crippen molar-refractivity contribution in [2.75, 3.05) is 18.4 Å². The number of sulfonamides is 1. The summed E-state index contributed by atoms with van der Waals surface area (Å²) in [6.45, 7) is -0.957. The number of halogens is 2. The fourth-order valence-corrected chi connectivity index (χ4v) is 5.84.